The summed E-state index contributed by atoms with van der Waals surface area (Å²) in [5, 5.41) is 10.9. The maximum absolute atomic E-state index is 13.3. The molecule has 90 valence electrons. The summed E-state index contributed by atoms with van der Waals surface area (Å²) < 4.78 is 38.9. The van der Waals surface area contributed by atoms with Crippen LogP contribution < -0.4 is 5.32 Å². The molecule has 1 aromatic heterocycles. The molecule has 0 radical (unpaired) electrons. The lowest BCUT2D eigenvalue weighted by molar-refractivity contribution is 0.496. The predicted molar refractivity (Wildman–Crippen MR) is 56.3 cm³/mol. The molecule has 0 amide bonds. The van der Waals surface area contributed by atoms with Gasteiger partial charge in [0.15, 0.2) is 17.3 Å². The highest BCUT2D eigenvalue weighted by Gasteiger charge is 2.10. The van der Waals surface area contributed by atoms with Crippen LogP contribution >= 0.6 is 0 Å². The van der Waals surface area contributed by atoms with E-state index in [1.807, 2.05) is 0 Å². The van der Waals surface area contributed by atoms with E-state index >= 15 is 0 Å². The van der Waals surface area contributed by atoms with E-state index in [4.69, 9.17) is 5.26 Å². The molecule has 0 atom stereocenters. The quantitative estimate of drug-likeness (QED) is 0.832. The molecule has 0 aliphatic carbocycles. The zero-order valence-corrected chi connectivity index (χ0v) is 8.78. The minimum absolute atomic E-state index is 0.0892. The van der Waals surface area contributed by atoms with Gasteiger partial charge in [-0.25, -0.2) is 23.1 Å². The van der Waals surface area contributed by atoms with Gasteiger partial charge in [0.2, 0.25) is 0 Å². The number of nitriles is 1. The van der Waals surface area contributed by atoms with Gasteiger partial charge in [-0.2, -0.15) is 5.26 Å². The first-order valence-electron chi connectivity index (χ1n) is 4.74. The first-order valence-corrected chi connectivity index (χ1v) is 4.74. The molecule has 1 aromatic carbocycles. The van der Waals surface area contributed by atoms with Crippen molar-refractivity contribution in [2.45, 2.75) is 0 Å². The fourth-order valence-corrected chi connectivity index (χ4v) is 1.21. The standard InChI is InChI=1S/C11H5F3N4/c12-7-1-9(14)10(2-8(7)13)18-11-5-16-6(3-15)4-17-11/h1-2,4-5H,(H,17,18). The van der Waals surface area contributed by atoms with Gasteiger partial charge < -0.3 is 5.32 Å². The second-order valence-corrected chi connectivity index (χ2v) is 3.27. The summed E-state index contributed by atoms with van der Waals surface area (Å²) in [5.41, 5.74) is -0.181. The molecule has 1 heterocycles. The minimum atomic E-state index is -1.27. The number of benzene rings is 1. The lowest BCUT2D eigenvalue weighted by Gasteiger charge is -2.06. The van der Waals surface area contributed by atoms with Gasteiger partial charge in [-0.05, 0) is 0 Å². The Labute approximate surface area is 99.7 Å². The van der Waals surface area contributed by atoms with Crippen molar-refractivity contribution in [1.29, 1.82) is 5.26 Å². The van der Waals surface area contributed by atoms with Crippen molar-refractivity contribution in [2.24, 2.45) is 0 Å². The molecule has 0 aliphatic heterocycles. The molecule has 0 fully saturated rings. The molecule has 0 saturated heterocycles. The zero-order chi connectivity index (χ0) is 13.1. The molecule has 0 bridgehead atoms. The van der Waals surface area contributed by atoms with Crippen molar-refractivity contribution < 1.29 is 13.2 Å². The summed E-state index contributed by atoms with van der Waals surface area (Å²) in [5.74, 6) is -3.30. The summed E-state index contributed by atoms with van der Waals surface area (Å²) in [4.78, 5) is 7.45. The Balaban J connectivity index is 2.28. The number of halogens is 3. The van der Waals surface area contributed by atoms with Crippen LogP contribution in [0, 0.1) is 28.8 Å². The van der Waals surface area contributed by atoms with E-state index in [9.17, 15) is 13.2 Å². The largest absolute Gasteiger partial charge is 0.336 e. The van der Waals surface area contributed by atoms with Crippen LogP contribution in [-0.4, -0.2) is 9.97 Å². The summed E-state index contributed by atoms with van der Waals surface area (Å²) in [6.45, 7) is 0. The van der Waals surface area contributed by atoms with Crippen LogP contribution in [0.4, 0.5) is 24.7 Å². The van der Waals surface area contributed by atoms with Crippen LogP contribution in [0.1, 0.15) is 5.69 Å². The van der Waals surface area contributed by atoms with E-state index < -0.39 is 17.5 Å². The van der Waals surface area contributed by atoms with Crippen LogP contribution in [0.3, 0.4) is 0 Å². The summed E-state index contributed by atoms with van der Waals surface area (Å²) in [6.07, 6.45) is 2.35. The maximum atomic E-state index is 13.3. The van der Waals surface area contributed by atoms with Crippen molar-refractivity contribution in [3.63, 3.8) is 0 Å². The topological polar surface area (TPSA) is 61.6 Å². The monoisotopic (exact) mass is 250 g/mol. The first kappa shape index (κ1) is 11.9. The van der Waals surface area contributed by atoms with Gasteiger partial charge in [-0.3, -0.25) is 0 Å². The molecular weight excluding hydrogens is 245 g/mol. The molecule has 1 N–H and O–H groups in total. The highest BCUT2D eigenvalue weighted by Crippen LogP contribution is 2.21. The normalized spacial score (nSPS) is 9.89. The third-order valence-electron chi connectivity index (χ3n) is 2.04. The Morgan fingerprint density at radius 2 is 1.72 bits per heavy atom. The van der Waals surface area contributed by atoms with Crippen LogP contribution in [0.25, 0.3) is 0 Å². The summed E-state index contributed by atoms with van der Waals surface area (Å²) in [6, 6.07) is 2.86. The molecule has 18 heavy (non-hydrogen) atoms. The van der Waals surface area contributed by atoms with Crippen molar-refractivity contribution in [2.75, 3.05) is 5.32 Å². The highest BCUT2D eigenvalue weighted by molar-refractivity contribution is 5.56. The zero-order valence-electron chi connectivity index (χ0n) is 8.78. The molecule has 2 aromatic rings. The molecule has 2 rings (SSSR count). The fourth-order valence-electron chi connectivity index (χ4n) is 1.21. The average Bonchev–Trinajstić information content (AvgIpc) is 2.37. The second-order valence-electron chi connectivity index (χ2n) is 3.27. The third-order valence-corrected chi connectivity index (χ3v) is 2.04. The number of anilines is 2. The first-order chi connectivity index (χ1) is 8.60. The lowest BCUT2D eigenvalue weighted by atomic mass is 10.3. The van der Waals surface area contributed by atoms with Crippen molar-refractivity contribution in [3.8, 4) is 6.07 Å². The Morgan fingerprint density at radius 1 is 1.00 bits per heavy atom. The van der Waals surface area contributed by atoms with E-state index in [2.05, 4.69) is 15.3 Å². The molecule has 7 heteroatoms. The van der Waals surface area contributed by atoms with Crippen LogP contribution in [-0.2, 0) is 0 Å². The molecule has 4 nitrogen and oxygen atoms in total. The fraction of sp³-hybridized carbons (Fsp3) is 0. The highest BCUT2D eigenvalue weighted by atomic mass is 19.2. The number of nitrogens with zero attached hydrogens (tertiary/aromatic N) is 3. The third kappa shape index (κ3) is 2.38. The molecule has 0 unspecified atom stereocenters. The number of aromatic nitrogens is 2. The Hall–Kier alpha value is -2.62. The summed E-state index contributed by atoms with van der Waals surface area (Å²) in [7, 11) is 0. The van der Waals surface area contributed by atoms with Gasteiger partial charge >= 0.3 is 0 Å². The molecular formula is C11H5F3N4. The Kier molecular flexibility index (Phi) is 3.10. The van der Waals surface area contributed by atoms with Crippen molar-refractivity contribution in [3.05, 3.63) is 47.7 Å². The second kappa shape index (κ2) is 4.71. The van der Waals surface area contributed by atoms with Gasteiger partial charge in [-0.1, -0.05) is 0 Å². The van der Waals surface area contributed by atoms with E-state index in [1.165, 1.54) is 12.4 Å². The average molecular weight is 250 g/mol. The molecule has 0 spiro atoms. The molecule has 0 aliphatic rings. The summed E-state index contributed by atoms with van der Waals surface area (Å²) >= 11 is 0. The van der Waals surface area contributed by atoms with Gasteiger partial charge in [-0.15, -0.1) is 0 Å². The number of hydrogen-bond donors (Lipinski definition) is 1. The van der Waals surface area contributed by atoms with E-state index in [0.717, 1.165) is 0 Å². The van der Waals surface area contributed by atoms with E-state index in [-0.39, 0.29) is 17.2 Å². The van der Waals surface area contributed by atoms with Crippen molar-refractivity contribution >= 4 is 11.5 Å². The van der Waals surface area contributed by atoms with Gasteiger partial charge in [0.05, 0.1) is 18.1 Å². The maximum Gasteiger partial charge on any atom is 0.161 e. The predicted octanol–water partition coefficient (Wildman–Crippen LogP) is 2.51. The smallest absolute Gasteiger partial charge is 0.161 e. The molecule has 0 saturated carbocycles. The van der Waals surface area contributed by atoms with Crippen LogP contribution in [0.2, 0.25) is 0 Å². The van der Waals surface area contributed by atoms with E-state index in [1.54, 1.807) is 6.07 Å². The van der Waals surface area contributed by atoms with Gasteiger partial charge in [0.25, 0.3) is 0 Å². The van der Waals surface area contributed by atoms with Gasteiger partial charge in [0, 0.05) is 12.1 Å². The number of hydrogen-bond acceptors (Lipinski definition) is 4. The lowest BCUT2D eigenvalue weighted by Crippen LogP contribution is -1.99. The van der Waals surface area contributed by atoms with Gasteiger partial charge in [0.1, 0.15) is 17.7 Å². The van der Waals surface area contributed by atoms with Crippen LogP contribution in [0.5, 0.6) is 0 Å². The van der Waals surface area contributed by atoms with Crippen molar-refractivity contribution in [1.82, 2.24) is 9.97 Å². The number of rotatable bonds is 2. The number of nitrogens with one attached hydrogen (secondary N) is 1. The SMILES string of the molecule is N#Cc1cnc(Nc2cc(F)c(F)cc2F)cn1. The van der Waals surface area contributed by atoms with Crippen LogP contribution in [0.15, 0.2) is 24.5 Å². The minimum Gasteiger partial charge on any atom is -0.336 e. The van der Waals surface area contributed by atoms with E-state index in [0.29, 0.717) is 12.1 Å². The Bertz CT molecular complexity index is 619. The Morgan fingerprint density at radius 3 is 2.33 bits per heavy atom.